The number of nitrogens with zero attached hydrogens (tertiary/aromatic N) is 2. The minimum Gasteiger partial charge on any atom is -0.319 e. The van der Waals surface area contributed by atoms with Gasteiger partial charge < -0.3 is 10.6 Å². The highest BCUT2D eigenvalue weighted by molar-refractivity contribution is 7.10. The number of amides is 1. The maximum atomic E-state index is 12.4. The summed E-state index contributed by atoms with van der Waals surface area (Å²) in [4.78, 5) is 13.7. The third-order valence-electron chi connectivity index (χ3n) is 4.85. The fourth-order valence-corrected chi connectivity index (χ4v) is 4.22. The van der Waals surface area contributed by atoms with Gasteiger partial charge in [-0.3, -0.25) is 9.48 Å². The Morgan fingerprint density at radius 3 is 2.91 bits per heavy atom. The summed E-state index contributed by atoms with van der Waals surface area (Å²) in [5, 5.41) is 12.9. The second kappa shape index (κ2) is 5.76. The van der Waals surface area contributed by atoms with Crippen LogP contribution in [0.2, 0.25) is 0 Å². The van der Waals surface area contributed by atoms with Crippen LogP contribution in [-0.2, 0) is 7.05 Å². The molecule has 2 atom stereocenters. The summed E-state index contributed by atoms with van der Waals surface area (Å²) in [5.74, 6) is 0.551. The van der Waals surface area contributed by atoms with E-state index >= 15 is 0 Å². The molecule has 2 N–H and O–H groups in total. The van der Waals surface area contributed by atoms with Crippen LogP contribution in [0, 0.1) is 6.92 Å². The van der Waals surface area contributed by atoms with Gasteiger partial charge in [-0.15, -0.1) is 11.3 Å². The maximum Gasteiger partial charge on any atom is 0.256 e. The van der Waals surface area contributed by atoms with E-state index in [2.05, 4.69) is 21.8 Å². The number of carbonyl (C=O) groups excluding carboxylic acids is 1. The van der Waals surface area contributed by atoms with E-state index in [1.807, 2.05) is 25.5 Å². The molecule has 23 heavy (non-hydrogen) atoms. The third-order valence-corrected chi connectivity index (χ3v) is 5.92. The Hall–Kier alpha value is -1.66. The Morgan fingerprint density at radius 2 is 2.26 bits per heavy atom. The Morgan fingerprint density at radius 1 is 1.43 bits per heavy atom. The van der Waals surface area contributed by atoms with E-state index in [0.717, 1.165) is 23.0 Å². The fraction of sp³-hybridized carbons (Fsp3) is 0.529. The highest BCUT2D eigenvalue weighted by Gasteiger charge is 2.41. The van der Waals surface area contributed by atoms with Crippen molar-refractivity contribution in [1.82, 2.24) is 15.1 Å². The van der Waals surface area contributed by atoms with Gasteiger partial charge in [0.05, 0.1) is 16.9 Å². The van der Waals surface area contributed by atoms with Gasteiger partial charge in [-0.1, -0.05) is 6.42 Å². The summed E-state index contributed by atoms with van der Waals surface area (Å²) in [5.41, 5.74) is 2.37. The number of aryl methyl sites for hydroxylation is 2. The normalized spacial score (nSPS) is 23.6. The summed E-state index contributed by atoms with van der Waals surface area (Å²) in [6.07, 6.45) is 7.06. The van der Waals surface area contributed by atoms with Crippen LogP contribution in [-0.4, -0.2) is 27.8 Å². The number of anilines is 1. The molecule has 4 rings (SSSR count). The van der Waals surface area contributed by atoms with Crippen LogP contribution < -0.4 is 10.6 Å². The first-order valence-electron chi connectivity index (χ1n) is 8.26. The first-order valence-corrected chi connectivity index (χ1v) is 9.14. The lowest BCUT2D eigenvalue weighted by atomic mass is 9.93. The standard InChI is InChI=1S/C17H22N4OS/c1-10-15(8-21(2)20-10)19-17(22)11-6-16(23-9-11)13-7-14(13)18-12-4-3-5-12/h6,8-9,12-14,18H,3-5,7H2,1-2H3,(H,19,22). The Labute approximate surface area is 140 Å². The largest absolute Gasteiger partial charge is 0.319 e. The average molecular weight is 330 g/mol. The smallest absolute Gasteiger partial charge is 0.256 e. The van der Waals surface area contributed by atoms with Gasteiger partial charge in [0.15, 0.2) is 0 Å². The van der Waals surface area contributed by atoms with Crippen molar-refractivity contribution in [1.29, 1.82) is 0 Å². The minimum absolute atomic E-state index is 0.0484. The lowest BCUT2D eigenvalue weighted by Crippen LogP contribution is -2.37. The summed E-state index contributed by atoms with van der Waals surface area (Å²) in [7, 11) is 1.85. The molecular formula is C17H22N4OS. The number of nitrogens with one attached hydrogen (secondary N) is 2. The molecule has 0 aromatic carbocycles. The van der Waals surface area contributed by atoms with Gasteiger partial charge in [-0.05, 0) is 32.3 Å². The monoisotopic (exact) mass is 330 g/mol. The predicted octanol–water partition coefficient (Wildman–Crippen LogP) is 3.04. The summed E-state index contributed by atoms with van der Waals surface area (Å²) in [6, 6.07) is 3.41. The first kappa shape index (κ1) is 14.9. The van der Waals surface area contributed by atoms with E-state index in [-0.39, 0.29) is 5.91 Å². The molecule has 2 fully saturated rings. The van der Waals surface area contributed by atoms with Crippen LogP contribution in [0.4, 0.5) is 5.69 Å². The highest BCUT2D eigenvalue weighted by atomic mass is 32.1. The third kappa shape index (κ3) is 3.05. The van der Waals surface area contributed by atoms with Crippen molar-refractivity contribution < 1.29 is 4.79 Å². The molecule has 6 heteroatoms. The van der Waals surface area contributed by atoms with Gasteiger partial charge in [-0.25, -0.2) is 0 Å². The molecular weight excluding hydrogens is 308 g/mol. The molecule has 0 saturated heterocycles. The molecule has 122 valence electrons. The molecule has 2 saturated carbocycles. The summed E-state index contributed by atoms with van der Waals surface area (Å²) in [6.45, 7) is 1.90. The van der Waals surface area contributed by atoms with Gasteiger partial charge in [0, 0.05) is 41.5 Å². The van der Waals surface area contributed by atoms with E-state index in [0.29, 0.717) is 12.0 Å². The quantitative estimate of drug-likeness (QED) is 0.886. The second-order valence-electron chi connectivity index (χ2n) is 6.74. The Balaban J connectivity index is 1.38. The van der Waals surface area contributed by atoms with Crippen molar-refractivity contribution in [3.63, 3.8) is 0 Å². The van der Waals surface area contributed by atoms with Gasteiger partial charge in [-0.2, -0.15) is 5.10 Å². The molecule has 2 aromatic heterocycles. The first-order chi connectivity index (χ1) is 11.1. The SMILES string of the molecule is Cc1nn(C)cc1NC(=O)c1csc(C2CC2NC2CCC2)c1. The van der Waals surface area contributed by atoms with Crippen LogP contribution >= 0.6 is 11.3 Å². The number of carbonyl (C=O) groups is 1. The van der Waals surface area contributed by atoms with Crippen molar-refractivity contribution in [2.45, 2.75) is 50.6 Å². The zero-order valence-electron chi connectivity index (χ0n) is 13.5. The minimum atomic E-state index is -0.0484. The molecule has 0 radical (unpaired) electrons. The molecule has 0 aliphatic heterocycles. The maximum absolute atomic E-state index is 12.4. The molecule has 5 nitrogen and oxygen atoms in total. The van der Waals surface area contributed by atoms with E-state index < -0.39 is 0 Å². The predicted molar refractivity (Wildman–Crippen MR) is 92.1 cm³/mol. The van der Waals surface area contributed by atoms with Crippen molar-refractivity contribution in [2.75, 3.05) is 5.32 Å². The number of aromatic nitrogens is 2. The zero-order chi connectivity index (χ0) is 16.0. The van der Waals surface area contributed by atoms with Crippen molar-refractivity contribution in [3.05, 3.63) is 33.8 Å². The Bertz CT molecular complexity index is 731. The van der Waals surface area contributed by atoms with Crippen LogP contribution in [0.3, 0.4) is 0 Å². The van der Waals surface area contributed by atoms with E-state index in [4.69, 9.17) is 0 Å². The van der Waals surface area contributed by atoms with Crippen molar-refractivity contribution in [3.8, 4) is 0 Å². The number of thiophene rings is 1. The summed E-state index contributed by atoms with van der Waals surface area (Å²) < 4.78 is 1.71. The van der Waals surface area contributed by atoms with Gasteiger partial charge in [0.1, 0.15) is 0 Å². The summed E-state index contributed by atoms with van der Waals surface area (Å²) >= 11 is 1.70. The zero-order valence-corrected chi connectivity index (χ0v) is 14.3. The molecule has 2 aromatic rings. The number of hydrogen-bond acceptors (Lipinski definition) is 4. The van der Waals surface area contributed by atoms with Crippen LogP contribution in [0.1, 0.15) is 52.5 Å². The lowest BCUT2D eigenvalue weighted by molar-refractivity contribution is 0.102. The number of hydrogen-bond donors (Lipinski definition) is 2. The van der Waals surface area contributed by atoms with Gasteiger partial charge in [0.2, 0.25) is 0 Å². The molecule has 2 aliphatic carbocycles. The van der Waals surface area contributed by atoms with Crippen LogP contribution in [0.5, 0.6) is 0 Å². The highest BCUT2D eigenvalue weighted by Crippen LogP contribution is 2.44. The second-order valence-corrected chi connectivity index (χ2v) is 7.68. The average Bonchev–Trinajstić information content (AvgIpc) is 2.91. The molecule has 2 unspecified atom stereocenters. The Kier molecular flexibility index (Phi) is 3.73. The molecule has 0 bridgehead atoms. The lowest BCUT2D eigenvalue weighted by Gasteiger charge is -2.26. The van der Waals surface area contributed by atoms with Gasteiger partial charge in [0.25, 0.3) is 5.91 Å². The molecule has 1 amide bonds. The van der Waals surface area contributed by atoms with Gasteiger partial charge >= 0.3 is 0 Å². The fourth-order valence-electron chi connectivity index (χ4n) is 3.15. The molecule has 2 aliphatic rings. The topological polar surface area (TPSA) is 59.0 Å². The van der Waals surface area contributed by atoms with E-state index in [1.165, 1.54) is 30.6 Å². The van der Waals surface area contributed by atoms with Crippen molar-refractivity contribution >= 4 is 22.9 Å². The molecule has 2 heterocycles. The van der Waals surface area contributed by atoms with Crippen LogP contribution in [0.25, 0.3) is 0 Å². The van der Waals surface area contributed by atoms with Crippen molar-refractivity contribution in [2.24, 2.45) is 7.05 Å². The number of rotatable bonds is 5. The van der Waals surface area contributed by atoms with Crippen LogP contribution in [0.15, 0.2) is 17.6 Å². The molecule has 0 spiro atoms. The van der Waals surface area contributed by atoms with E-state index in [9.17, 15) is 4.79 Å². The van der Waals surface area contributed by atoms with E-state index in [1.54, 1.807) is 16.0 Å².